The highest BCUT2D eigenvalue weighted by atomic mass is 35.5. The molecule has 0 aliphatic carbocycles. The van der Waals surface area contributed by atoms with Gasteiger partial charge in [-0.1, -0.05) is 11.6 Å². The van der Waals surface area contributed by atoms with Crippen molar-refractivity contribution in [3.8, 4) is 0 Å². The summed E-state index contributed by atoms with van der Waals surface area (Å²) in [6.45, 7) is 1.78. The fourth-order valence-electron chi connectivity index (χ4n) is 1.50. The first-order valence-electron chi connectivity index (χ1n) is 5.41. The maximum atomic E-state index is 12.0. The van der Waals surface area contributed by atoms with E-state index in [1.165, 1.54) is 0 Å². The molecule has 0 fully saturated rings. The van der Waals surface area contributed by atoms with Crippen molar-refractivity contribution >= 4 is 28.9 Å². The molecule has 1 aromatic heterocycles. The van der Waals surface area contributed by atoms with Gasteiger partial charge in [0.1, 0.15) is 6.04 Å². The molecule has 1 amide bonds. The van der Waals surface area contributed by atoms with Gasteiger partial charge in [0, 0.05) is 18.1 Å². The number of carbonyl (C=O) groups is 1. The van der Waals surface area contributed by atoms with E-state index in [9.17, 15) is 4.79 Å². The van der Waals surface area contributed by atoms with Crippen molar-refractivity contribution in [3.05, 3.63) is 41.9 Å². The Bertz CT molecular complexity index is 553. The standard InChI is InChI=1S/C12H13ClN4O/c1-8(17-5-4-15-7-17)12(18)16-11-3-2-9(14)6-10(11)13/h2-8H,14H2,1H3,(H,16,18). The zero-order chi connectivity index (χ0) is 13.1. The molecule has 1 heterocycles. The van der Waals surface area contributed by atoms with E-state index in [-0.39, 0.29) is 11.9 Å². The van der Waals surface area contributed by atoms with E-state index < -0.39 is 0 Å². The Morgan fingerprint density at radius 1 is 1.56 bits per heavy atom. The van der Waals surface area contributed by atoms with Crippen molar-refractivity contribution in [1.29, 1.82) is 0 Å². The lowest BCUT2D eigenvalue weighted by Gasteiger charge is -2.14. The van der Waals surface area contributed by atoms with Crippen LogP contribution in [0.15, 0.2) is 36.9 Å². The summed E-state index contributed by atoms with van der Waals surface area (Å²) in [6, 6.07) is 4.60. The molecular formula is C12H13ClN4O. The van der Waals surface area contributed by atoms with Crippen LogP contribution >= 0.6 is 11.6 Å². The zero-order valence-electron chi connectivity index (χ0n) is 9.80. The van der Waals surface area contributed by atoms with E-state index in [1.54, 1.807) is 48.4 Å². The molecule has 94 valence electrons. The number of anilines is 2. The van der Waals surface area contributed by atoms with Gasteiger partial charge in [0.25, 0.3) is 0 Å². The van der Waals surface area contributed by atoms with Crippen molar-refractivity contribution < 1.29 is 4.79 Å². The van der Waals surface area contributed by atoms with E-state index in [0.717, 1.165) is 0 Å². The van der Waals surface area contributed by atoms with Gasteiger partial charge in [-0.15, -0.1) is 0 Å². The molecule has 5 nitrogen and oxygen atoms in total. The van der Waals surface area contributed by atoms with Crippen LogP contribution in [0.25, 0.3) is 0 Å². The highest BCUT2D eigenvalue weighted by molar-refractivity contribution is 6.34. The van der Waals surface area contributed by atoms with Gasteiger partial charge in [0.15, 0.2) is 0 Å². The first-order chi connectivity index (χ1) is 8.58. The Hall–Kier alpha value is -2.01. The number of halogens is 1. The second-order valence-electron chi connectivity index (χ2n) is 3.91. The summed E-state index contributed by atoms with van der Waals surface area (Å²) in [5.41, 5.74) is 6.69. The van der Waals surface area contributed by atoms with Crippen LogP contribution in [0.2, 0.25) is 5.02 Å². The molecule has 2 rings (SSSR count). The van der Waals surface area contributed by atoms with E-state index in [2.05, 4.69) is 10.3 Å². The zero-order valence-corrected chi connectivity index (χ0v) is 10.6. The smallest absolute Gasteiger partial charge is 0.247 e. The Morgan fingerprint density at radius 2 is 2.33 bits per heavy atom. The minimum Gasteiger partial charge on any atom is -0.399 e. The molecule has 1 aromatic carbocycles. The lowest BCUT2D eigenvalue weighted by Crippen LogP contribution is -2.23. The van der Waals surface area contributed by atoms with Gasteiger partial charge in [0.05, 0.1) is 17.0 Å². The highest BCUT2D eigenvalue weighted by Gasteiger charge is 2.15. The molecular weight excluding hydrogens is 252 g/mol. The predicted octanol–water partition coefficient (Wildman–Crippen LogP) is 2.32. The number of benzene rings is 1. The highest BCUT2D eigenvalue weighted by Crippen LogP contribution is 2.24. The molecule has 18 heavy (non-hydrogen) atoms. The first kappa shape index (κ1) is 12.4. The number of amides is 1. The van der Waals surface area contributed by atoms with Crippen molar-refractivity contribution in [1.82, 2.24) is 9.55 Å². The fraction of sp³-hybridized carbons (Fsp3) is 0.167. The topological polar surface area (TPSA) is 72.9 Å². The van der Waals surface area contributed by atoms with Crippen LogP contribution in [0.1, 0.15) is 13.0 Å². The molecule has 0 bridgehead atoms. The van der Waals surface area contributed by atoms with Crippen molar-refractivity contribution in [2.24, 2.45) is 0 Å². The number of hydrogen-bond acceptors (Lipinski definition) is 3. The van der Waals surface area contributed by atoms with Crippen molar-refractivity contribution in [2.45, 2.75) is 13.0 Å². The largest absolute Gasteiger partial charge is 0.399 e. The van der Waals surface area contributed by atoms with Crippen molar-refractivity contribution in [2.75, 3.05) is 11.1 Å². The van der Waals surface area contributed by atoms with Crippen LogP contribution in [0.5, 0.6) is 0 Å². The monoisotopic (exact) mass is 264 g/mol. The van der Waals surface area contributed by atoms with Crippen LogP contribution in [-0.4, -0.2) is 15.5 Å². The number of hydrogen-bond donors (Lipinski definition) is 2. The van der Waals surface area contributed by atoms with Gasteiger partial charge in [-0.25, -0.2) is 4.98 Å². The minimum absolute atomic E-state index is 0.167. The maximum Gasteiger partial charge on any atom is 0.247 e. The quantitative estimate of drug-likeness (QED) is 0.836. The Morgan fingerprint density at radius 3 is 2.94 bits per heavy atom. The van der Waals surface area contributed by atoms with E-state index in [4.69, 9.17) is 17.3 Å². The van der Waals surface area contributed by atoms with Gasteiger partial charge in [0.2, 0.25) is 5.91 Å². The molecule has 0 radical (unpaired) electrons. The van der Waals surface area contributed by atoms with Gasteiger partial charge in [-0.3, -0.25) is 4.79 Å². The number of nitrogens with zero attached hydrogens (tertiary/aromatic N) is 2. The number of nitrogens with one attached hydrogen (secondary N) is 1. The lowest BCUT2D eigenvalue weighted by atomic mass is 10.2. The van der Waals surface area contributed by atoms with Crippen LogP contribution in [-0.2, 0) is 4.79 Å². The predicted molar refractivity (Wildman–Crippen MR) is 71.4 cm³/mol. The van der Waals surface area contributed by atoms with E-state index in [0.29, 0.717) is 16.4 Å². The van der Waals surface area contributed by atoms with Crippen molar-refractivity contribution in [3.63, 3.8) is 0 Å². The summed E-state index contributed by atoms with van der Waals surface area (Å²) in [7, 11) is 0. The Kier molecular flexibility index (Phi) is 3.53. The second kappa shape index (κ2) is 5.10. The third-order valence-corrected chi connectivity index (χ3v) is 2.92. The van der Waals surface area contributed by atoms with Gasteiger partial charge >= 0.3 is 0 Å². The fourth-order valence-corrected chi connectivity index (χ4v) is 1.74. The number of nitrogen functional groups attached to an aromatic ring is 1. The Balaban J connectivity index is 2.12. The average molecular weight is 265 g/mol. The van der Waals surface area contributed by atoms with E-state index >= 15 is 0 Å². The maximum absolute atomic E-state index is 12.0. The van der Waals surface area contributed by atoms with Gasteiger partial charge < -0.3 is 15.6 Å². The number of aromatic nitrogens is 2. The molecule has 0 aliphatic heterocycles. The molecule has 3 N–H and O–H groups in total. The molecule has 0 spiro atoms. The summed E-state index contributed by atoms with van der Waals surface area (Å²) >= 11 is 5.99. The third kappa shape index (κ3) is 2.62. The SMILES string of the molecule is CC(C(=O)Nc1ccc(N)cc1Cl)n1ccnc1. The second-order valence-corrected chi connectivity index (χ2v) is 4.32. The molecule has 1 atom stereocenters. The molecule has 0 aliphatic rings. The van der Waals surface area contributed by atoms with Gasteiger partial charge in [-0.2, -0.15) is 0 Å². The molecule has 6 heteroatoms. The summed E-state index contributed by atoms with van der Waals surface area (Å²) in [6.07, 6.45) is 4.95. The van der Waals surface area contributed by atoms with Gasteiger partial charge in [-0.05, 0) is 25.1 Å². The minimum atomic E-state index is -0.360. The third-order valence-electron chi connectivity index (χ3n) is 2.60. The van der Waals surface area contributed by atoms with Crippen LogP contribution in [0.3, 0.4) is 0 Å². The first-order valence-corrected chi connectivity index (χ1v) is 5.79. The normalized spacial score (nSPS) is 12.1. The molecule has 2 aromatic rings. The molecule has 1 unspecified atom stereocenters. The van der Waals surface area contributed by atoms with Crippen LogP contribution < -0.4 is 11.1 Å². The summed E-state index contributed by atoms with van der Waals surface area (Å²) < 4.78 is 1.71. The summed E-state index contributed by atoms with van der Waals surface area (Å²) in [5.74, 6) is -0.167. The van der Waals surface area contributed by atoms with Crippen LogP contribution in [0.4, 0.5) is 11.4 Å². The lowest BCUT2D eigenvalue weighted by molar-refractivity contribution is -0.118. The Labute approximate surface area is 110 Å². The number of nitrogens with two attached hydrogens (primary N) is 1. The van der Waals surface area contributed by atoms with E-state index in [1.807, 2.05) is 0 Å². The van der Waals surface area contributed by atoms with Crippen LogP contribution in [0, 0.1) is 0 Å². The average Bonchev–Trinajstić information content (AvgIpc) is 2.85. The molecule has 0 saturated heterocycles. The number of imidazole rings is 1. The molecule has 0 saturated carbocycles. The summed E-state index contributed by atoms with van der Waals surface area (Å²) in [5, 5.41) is 3.17. The summed E-state index contributed by atoms with van der Waals surface area (Å²) in [4.78, 5) is 15.9. The number of rotatable bonds is 3. The number of carbonyl (C=O) groups excluding carboxylic acids is 1.